The Bertz CT molecular complexity index is 1490. The van der Waals surface area contributed by atoms with Gasteiger partial charge in [-0.05, 0) is 119 Å². The minimum atomic E-state index is -0.0590. The molecular formula is C34H36O2. The number of carbonyl (C=O) groups excluding carboxylic acids is 1. The Morgan fingerprint density at radius 3 is 2.17 bits per heavy atom. The summed E-state index contributed by atoms with van der Waals surface area (Å²) in [5.74, 6) is 0.919. The Morgan fingerprint density at radius 2 is 1.53 bits per heavy atom. The van der Waals surface area contributed by atoms with Crippen molar-refractivity contribution in [2.45, 2.75) is 67.7 Å². The maximum absolute atomic E-state index is 13.8. The lowest BCUT2D eigenvalue weighted by Crippen LogP contribution is -2.23. The molecule has 0 spiro atoms. The lowest BCUT2D eigenvalue weighted by molar-refractivity contribution is -0.111. The Balaban J connectivity index is 1.67. The van der Waals surface area contributed by atoms with Crippen LogP contribution in [0.1, 0.15) is 76.1 Å². The van der Waals surface area contributed by atoms with Gasteiger partial charge in [0.05, 0.1) is 11.1 Å². The molecule has 2 nitrogen and oxygen atoms in total. The highest BCUT2D eigenvalue weighted by Gasteiger charge is 2.41. The Labute approximate surface area is 215 Å². The molecular weight excluding hydrogens is 440 g/mol. The maximum atomic E-state index is 13.8. The summed E-state index contributed by atoms with van der Waals surface area (Å²) in [7, 11) is 0. The monoisotopic (exact) mass is 476 g/mol. The van der Waals surface area contributed by atoms with Crippen LogP contribution < -0.4 is 0 Å². The molecule has 0 bridgehead atoms. The molecule has 0 saturated heterocycles. The molecule has 0 aromatic rings. The van der Waals surface area contributed by atoms with Crippen LogP contribution in [0.2, 0.25) is 0 Å². The van der Waals surface area contributed by atoms with Crippen molar-refractivity contribution < 1.29 is 9.90 Å². The van der Waals surface area contributed by atoms with Gasteiger partial charge in [-0.15, -0.1) is 0 Å². The van der Waals surface area contributed by atoms with E-state index in [4.69, 9.17) is 0 Å². The van der Waals surface area contributed by atoms with Gasteiger partial charge in [-0.3, -0.25) is 4.79 Å². The van der Waals surface area contributed by atoms with Gasteiger partial charge in [-0.2, -0.15) is 0 Å². The van der Waals surface area contributed by atoms with Crippen LogP contribution in [0.3, 0.4) is 0 Å². The van der Waals surface area contributed by atoms with Crippen molar-refractivity contribution in [3.05, 3.63) is 110 Å². The number of aliphatic hydroxyl groups excluding tert-OH is 1. The summed E-state index contributed by atoms with van der Waals surface area (Å²) in [5.41, 5.74) is 14.4. The molecule has 5 aliphatic carbocycles. The van der Waals surface area contributed by atoms with Gasteiger partial charge in [-0.1, -0.05) is 63.6 Å². The van der Waals surface area contributed by atoms with Crippen LogP contribution >= 0.6 is 0 Å². The van der Waals surface area contributed by atoms with Crippen molar-refractivity contribution >= 4 is 11.4 Å². The highest BCUT2D eigenvalue weighted by molar-refractivity contribution is 6.40. The first-order valence-corrected chi connectivity index (χ1v) is 13.1. The van der Waals surface area contributed by atoms with E-state index in [1.165, 1.54) is 22.3 Å². The van der Waals surface area contributed by atoms with Crippen LogP contribution in [-0.2, 0) is 4.79 Å². The summed E-state index contributed by atoms with van der Waals surface area (Å²) in [4.78, 5) is 13.8. The molecule has 0 atom stereocenters. The molecule has 5 aliphatic rings. The van der Waals surface area contributed by atoms with E-state index in [1.807, 2.05) is 0 Å². The third-order valence-corrected chi connectivity index (χ3v) is 8.06. The highest BCUT2D eigenvalue weighted by Crippen LogP contribution is 2.50. The highest BCUT2D eigenvalue weighted by atomic mass is 16.3. The second-order valence-electron chi connectivity index (χ2n) is 11.3. The summed E-state index contributed by atoms with van der Waals surface area (Å²) in [6, 6.07) is 8.63. The molecule has 0 aliphatic heterocycles. The van der Waals surface area contributed by atoms with Crippen molar-refractivity contribution in [2.24, 2.45) is 5.92 Å². The number of rotatable bonds is 3. The minimum Gasteiger partial charge on any atom is -0.506 e. The number of fused-ring (bicyclic) bond motifs is 2. The summed E-state index contributed by atoms with van der Waals surface area (Å²) in [6.45, 7) is 17.2. The molecule has 0 aromatic heterocycles. The molecule has 0 unspecified atom stereocenters. The fourth-order valence-corrected chi connectivity index (χ4v) is 5.85. The maximum Gasteiger partial charge on any atom is 0.201 e. The van der Waals surface area contributed by atoms with Gasteiger partial charge >= 0.3 is 0 Å². The SMILES string of the molecule is CC1=CC(=C2C(=O)C(c3cc(C)c4cc(C(C)C)ccc(C)c3-4)=C2O)C2=C(C)CC=C(C(C)C)C=C12. The summed E-state index contributed by atoms with van der Waals surface area (Å²) in [6.07, 6.45) is 7.50. The largest absolute Gasteiger partial charge is 0.506 e. The van der Waals surface area contributed by atoms with Crippen LogP contribution in [-0.4, -0.2) is 10.9 Å². The van der Waals surface area contributed by atoms with E-state index in [2.05, 4.69) is 97.9 Å². The normalized spacial score (nSPS) is 20.2. The van der Waals surface area contributed by atoms with Gasteiger partial charge < -0.3 is 5.11 Å². The molecule has 0 radical (unpaired) electrons. The van der Waals surface area contributed by atoms with Crippen molar-refractivity contribution in [3.63, 3.8) is 0 Å². The average molecular weight is 477 g/mol. The van der Waals surface area contributed by atoms with Gasteiger partial charge in [-0.25, -0.2) is 0 Å². The fraction of sp³-hybridized carbons (Fsp3) is 0.324. The topological polar surface area (TPSA) is 37.3 Å². The van der Waals surface area contributed by atoms with Crippen LogP contribution in [0.15, 0.2) is 87.3 Å². The van der Waals surface area contributed by atoms with Crippen LogP contribution in [0.5, 0.6) is 0 Å². The summed E-state index contributed by atoms with van der Waals surface area (Å²) in [5, 5.41) is 11.4. The first-order chi connectivity index (χ1) is 17.0. The predicted octanol–water partition coefficient (Wildman–Crippen LogP) is 8.87. The third kappa shape index (κ3) is 3.58. The zero-order chi connectivity index (χ0) is 26.0. The molecule has 0 fully saturated rings. The molecule has 0 heterocycles. The zero-order valence-corrected chi connectivity index (χ0v) is 22.8. The Kier molecular flexibility index (Phi) is 5.82. The standard InChI is InChI=1S/C34H36O2/c1-17(2)23-11-9-19(5)29-25(15-23)21(7)13-27(29)31-33(35)32(34(31)36)28-14-22(8)26-16-24(18(3)4)12-10-20(6)30(26)28/h9,11-18,35H,10H2,1-8H3. The van der Waals surface area contributed by atoms with E-state index >= 15 is 0 Å². The number of Topliss-reactive ketones (excluding diaryl/α,β-unsaturated/α-hetero) is 1. The number of hydrogen-bond acceptors (Lipinski definition) is 2. The van der Waals surface area contributed by atoms with E-state index in [0.717, 1.165) is 51.0 Å². The lowest BCUT2D eigenvalue weighted by Gasteiger charge is -2.25. The molecule has 0 aromatic carbocycles. The van der Waals surface area contributed by atoms with Crippen molar-refractivity contribution in [1.82, 2.24) is 0 Å². The van der Waals surface area contributed by atoms with Crippen LogP contribution in [0, 0.1) is 19.8 Å². The Hall–Kier alpha value is -3.39. The number of ketones is 1. The molecule has 1 N–H and O–H groups in total. The first-order valence-electron chi connectivity index (χ1n) is 13.1. The van der Waals surface area contributed by atoms with Gasteiger partial charge in [0.1, 0.15) is 5.76 Å². The zero-order valence-electron chi connectivity index (χ0n) is 22.8. The van der Waals surface area contributed by atoms with Crippen LogP contribution in [0.25, 0.3) is 16.7 Å². The first kappa shape index (κ1) is 24.3. The van der Waals surface area contributed by atoms with E-state index in [1.54, 1.807) is 0 Å². The predicted molar refractivity (Wildman–Crippen MR) is 150 cm³/mol. The number of aliphatic hydroxyl groups is 1. The molecule has 36 heavy (non-hydrogen) atoms. The van der Waals surface area contributed by atoms with Crippen LogP contribution in [0.4, 0.5) is 0 Å². The van der Waals surface area contributed by atoms with Crippen molar-refractivity contribution in [3.8, 4) is 11.1 Å². The molecule has 5 rings (SSSR count). The average Bonchev–Trinajstić information content (AvgIpc) is 3.11. The van der Waals surface area contributed by atoms with E-state index in [-0.39, 0.29) is 11.5 Å². The summed E-state index contributed by atoms with van der Waals surface area (Å²) < 4.78 is 0. The van der Waals surface area contributed by atoms with Gasteiger partial charge in [0.2, 0.25) is 5.78 Å². The molecule has 184 valence electrons. The second-order valence-corrected chi connectivity index (χ2v) is 11.3. The number of aryl methyl sites for hydroxylation is 2. The second kappa shape index (κ2) is 8.62. The smallest absolute Gasteiger partial charge is 0.201 e. The summed E-state index contributed by atoms with van der Waals surface area (Å²) >= 11 is 0. The van der Waals surface area contributed by atoms with Gasteiger partial charge in [0, 0.05) is 0 Å². The number of allylic oxidation sites excluding steroid dienone is 11. The van der Waals surface area contributed by atoms with E-state index in [0.29, 0.717) is 23.0 Å². The minimum absolute atomic E-state index is 0.0590. The van der Waals surface area contributed by atoms with Gasteiger partial charge in [0.15, 0.2) is 0 Å². The lowest BCUT2D eigenvalue weighted by atomic mass is 9.78. The Morgan fingerprint density at radius 1 is 0.806 bits per heavy atom. The molecule has 0 saturated carbocycles. The quantitative estimate of drug-likeness (QED) is 0.449. The number of carbonyl (C=O) groups is 1. The molecule has 0 amide bonds. The van der Waals surface area contributed by atoms with Gasteiger partial charge in [0.25, 0.3) is 0 Å². The molecule has 2 heteroatoms. The van der Waals surface area contributed by atoms with Crippen molar-refractivity contribution in [2.75, 3.05) is 0 Å². The van der Waals surface area contributed by atoms with E-state index in [9.17, 15) is 9.90 Å². The van der Waals surface area contributed by atoms with Crippen molar-refractivity contribution in [1.29, 1.82) is 0 Å². The third-order valence-electron chi connectivity index (χ3n) is 8.06. The number of hydrogen-bond donors (Lipinski definition) is 1. The van der Waals surface area contributed by atoms with E-state index < -0.39 is 0 Å². The fourth-order valence-electron chi connectivity index (χ4n) is 5.85.